The lowest BCUT2D eigenvalue weighted by molar-refractivity contribution is -0.119. The lowest BCUT2D eigenvalue weighted by Crippen LogP contribution is -2.39. The molecule has 0 aliphatic heterocycles. The summed E-state index contributed by atoms with van der Waals surface area (Å²) in [4.78, 5) is 22.7. The molecule has 5 nitrogen and oxygen atoms in total. The smallest absolute Gasteiger partial charge is 0.407 e. The first-order chi connectivity index (χ1) is 9.32. The van der Waals surface area contributed by atoms with Gasteiger partial charge in [-0.25, -0.2) is 4.79 Å². The Morgan fingerprint density at radius 3 is 2.25 bits per heavy atom. The summed E-state index contributed by atoms with van der Waals surface area (Å²) in [6, 6.07) is 0.218. The molecule has 0 unspecified atom stereocenters. The van der Waals surface area contributed by atoms with Crippen LogP contribution in [0.15, 0.2) is 0 Å². The first-order valence-electron chi connectivity index (χ1n) is 7.50. The van der Waals surface area contributed by atoms with Crippen LogP contribution < -0.4 is 10.6 Å². The molecule has 0 spiro atoms. The number of unbranched alkanes of at least 4 members (excludes halogenated alkanes) is 1. The molecule has 0 bridgehead atoms. The van der Waals surface area contributed by atoms with E-state index >= 15 is 0 Å². The number of nitrogens with one attached hydrogen (secondary N) is 2. The zero-order chi connectivity index (χ0) is 15.5. The summed E-state index contributed by atoms with van der Waals surface area (Å²) in [5.41, 5.74) is 0. The summed E-state index contributed by atoms with van der Waals surface area (Å²) in [5.74, 6) is 0.516. The number of carbonyl (C=O) groups excluding carboxylic acids is 2. The highest BCUT2D eigenvalue weighted by atomic mass is 16.5. The minimum absolute atomic E-state index is 0.0807. The number of Topliss-reactive ketones (excluding diaryl/α,β-unsaturated/α-hetero) is 1. The monoisotopic (exact) mass is 286 g/mol. The van der Waals surface area contributed by atoms with Crippen molar-refractivity contribution in [3.05, 3.63) is 0 Å². The van der Waals surface area contributed by atoms with E-state index in [2.05, 4.69) is 10.6 Å². The van der Waals surface area contributed by atoms with Gasteiger partial charge in [-0.2, -0.15) is 0 Å². The molecule has 0 heterocycles. The molecule has 0 aliphatic rings. The van der Waals surface area contributed by atoms with E-state index in [0.717, 1.165) is 19.3 Å². The van der Waals surface area contributed by atoms with Crippen LogP contribution in [0.4, 0.5) is 4.79 Å². The molecule has 0 rings (SSSR count). The van der Waals surface area contributed by atoms with Gasteiger partial charge in [0.15, 0.2) is 0 Å². The van der Waals surface area contributed by atoms with Gasteiger partial charge in [0.25, 0.3) is 0 Å². The molecule has 0 fully saturated rings. The van der Waals surface area contributed by atoms with Crippen LogP contribution in [0.3, 0.4) is 0 Å². The summed E-state index contributed by atoms with van der Waals surface area (Å²) in [7, 11) is 0. The Bertz CT molecular complexity index is 291. The lowest BCUT2D eigenvalue weighted by atomic mass is 10.1. The summed E-state index contributed by atoms with van der Waals surface area (Å²) in [5, 5.41) is 5.97. The normalized spacial score (nSPS) is 12.6. The number of hydrogen-bond acceptors (Lipinski definition) is 4. The predicted octanol–water partition coefficient (Wildman–Crippen LogP) is 2.49. The minimum atomic E-state index is -0.359. The zero-order valence-corrected chi connectivity index (χ0v) is 13.5. The van der Waals surface area contributed by atoms with E-state index in [0.29, 0.717) is 25.1 Å². The fourth-order valence-corrected chi connectivity index (χ4v) is 1.76. The third-order valence-corrected chi connectivity index (χ3v) is 2.76. The second kappa shape index (κ2) is 10.7. The maximum Gasteiger partial charge on any atom is 0.407 e. The van der Waals surface area contributed by atoms with E-state index in [-0.39, 0.29) is 17.9 Å². The van der Waals surface area contributed by atoms with Gasteiger partial charge in [0.1, 0.15) is 5.78 Å². The molecular weight excluding hydrogens is 256 g/mol. The molecule has 1 atom stereocenters. The van der Waals surface area contributed by atoms with Gasteiger partial charge in [-0.3, -0.25) is 4.79 Å². The molecule has 0 aromatic heterocycles. The third kappa shape index (κ3) is 10.8. The van der Waals surface area contributed by atoms with Crippen molar-refractivity contribution in [1.82, 2.24) is 10.6 Å². The second-order valence-corrected chi connectivity index (χ2v) is 5.90. The highest BCUT2D eigenvalue weighted by molar-refractivity contribution is 5.81. The largest absolute Gasteiger partial charge is 0.449 e. The number of alkyl carbamates (subject to hydrolysis) is 1. The topological polar surface area (TPSA) is 67.4 Å². The van der Waals surface area contributed by atoms with Crippen LogP contribution in [0.25, 0.3) is 0 Å². The van der Waals surface area contributed by atoms with Crippen LogP contribution in [0.5, 0.6) is 0 Å². The lowest BCUT2D eigenvalue weighted by Gasteiger charge is -2.18. The fraction of sp³-hybridized carbons (Fsp3) is 0.867. The van der Waals surface area contributed by atoms with Crippen molar-refractivity contribution in [3.8, 4) is 0 Å². The van der Waals surface area contributed by atoms with E-state index in [1.807, 2.05) is 27.7 Å². The van der Waals surface area contributed by atoms with Crippen molar-refractivity contribution < 1.29 is 14.3 Å². The number of hydrogen-bond donors (Lipinski definition) is 2. The van der Waals surface area contributed by atoms with Gasteiger partial charge in [-0.1, -0.05) is 27.7 Å². The molecule has 0 radical (unpaired) electrons. The Kier molecular flexibility index (Phi) is 10.1. The highest BCUT2D eigenvalue weighted by Crippen LogP contribution is 2.03. The molecule has 0 aliphatic carbocycles. The Morgan fingerprint density at radius 1 is 1.10 bits per heavy atom. The van der Waals surface area contributed by atoms with Gasteiger partial charge in [-0.05, 0) is 32.1 Å². The fourth-order valence-electron chi connectivity index (χ4n) is 1.76. The predicted molar refractivity (Wildman–Crippen MR) is 80.8 cm³/mol. The molecule has 0 saturated heterocycles. The van der Waals surface area contributed by atoms with Gasteiger partial charge < -0.3 is 15.4 Å². The average Bonchev–Trinajstić information content (AvgIpc) is 2.33. The van der Waals surface area contributed by atoms with Crippen molar-refractivity contribution in [1.29, 1.82) is 0 Å². The Morgan fingerprint density at radius 2 is 1.75 bits per heavy atom. The van der Waals surface area contributed by atoms with Crippen molar-refractivity contribution >= 4 is 11.9 Å². The van der Waals surface area contributed by atoms with Gasteiger partial charge in [0.2, 0.25) is 0 Å². The first-order valence-corrected chi connectivity index (χ1v) is 7.50. The molecule has 1 amide bonds. The Hall–Kier alpha value is -1.10. The molecule has 5 heteroatoms. The van der Waals surface area contributed by atoms with Crippen molar-refractivity contribution in [2.75, 3.05) is 13.2 Å². The van der Waals surface area contributed by atoms with Gasteiger partial charge in [0.05, 0.1) is 12.6 Å². The van der Waals surface area contributed by atoms with Crippen LogP contribution in [0.1, 0.15) is 53.9 Å². The first kappa shape index (κ1) is 18.9. The highest BCUT2D eigenvalue weighted by Gasteiger charge is 2.14. The number of ketones is 1. The van der Waals surface area contributed by atoms with Crippen LogP contribution in [-0.2, 0) is 9.53 Å². The van der Waals surface area contributed by atoms with Gasteiger partial charge in [-0.15, -0.1) is 0 Å². The molecule has 0 aromatic carbocycles. The summed E-state index contributed by atoms with van der Waals surface area (Å²) in [6.45, 7) is 10.7. The van der Waals surface area contributed by atoms with E-state index in [1.54, 1.807) is 6.92 Å². The van der Waals surface area contributed by atoms with E-state index in [1.165, 1.54) is 0 Å². The second-order valence-electron chi connectivity index (χ2n) is 5.90. The van der Waals surface area contributed by atoms with E-state index < -0.39 is 0 Å². The zero-order valence-electron chi connectivity index (χ0n) is 13.5. The molecule has 20 heavy (non-hydrogen) atoms. The quantitative estimate of drug-likeness (QED) is 0.605. The average molecular weight is 286 g/mol. The standard InChI is InChI=1S/C15H30N2O3/c1-11(2)10-20-15(19)16-9-7-6-8-14(13(5)18)17-12(3)4/h11-12,14,17H,6-10H2,1-5H3,(H,16,19)/t14-/m0/s1. The number of rotatable bonds is 10. The summed E-state index contributed by atoms with van der Waals surface area (Å²) >= 11 is 0. The minimum Gasteiger partial charge on any atom is -0.449 e. The van der Waals surface area contributed by atoms with Crippen molar-refractivity contribution in [3.63, 3.8) is 0 Å². The number of amides is 1. The van der Waals surface area contributed by atoms with Crippen LogP contribution >= 0.6 is 0 Å². The van der Waals surface area contributed by atoms with Crippen LogP contribution in [-0.4, -0.2) is 37.1 Å². The molecule has 2 N–H and O–H groups in total. The molecule has 0 saturated carbocycles. The molecular formula is C15H30N2O3. The Labute approximate surface area is 122 Å². The van der Waals surface area contributed by atoms with Gasteiger partial charge in [0, 0.05) is 12.6 Å². The Balaban J connectivity index is 3.68. The van der Waals surface area contributed by atoms with Crippen LogP contribution in [0, 0.1) is 5.92 Å². The summed E-state index contributed by atoms with van der Waals surface area (Å²) < 4.78 is 5.01. The maximum absolute atomic E-state index is 11.4. The maximum atomic E-state index is 11.4. The molecule has 0 aromatic rings. The van der Waals surface area contributed by atoms with Crippen molar-refractivity contribution in [2.45, 2.75) is 66.0 Å². The third-order valence-electron chi connectivity index (χ3n) is 2.76. The van der Waals surface area contributed by atoms with E-state index in [4.69, 9.17) is 4.74 Å². The van der Waals surface area contributed by atoms with Crippen LogP contribution in [0.2, 0.25) is 0 Å². The van der Waals surface area contributed by atoms with Gasteiger partial charge >= 0.3 is 6.09 Å². The van der Waals surface area contributed by atoms with E-state index in [9.17, 15) is 9.59 Å². The molecule has 118 valence electrons. The summed E-state index contributed by atoms with van der Waals surface area (Å²) in [6.07, 6.45) is 2.19. The SMILES string of the molecule is CC(=O)[C@H](CCCCNC(=O)OCC(C)C)NC(C)C. The number of carbonyl (C=O) groups is 2. The van der Waals surface area contributed by atoms with Crippen molar-refractivity contribution in [2.24, 2.45) is 5.92 Å². The number of ether oxygens (including phenoxy) is 1.